The van der Waals surface area contributed by atoms with Crippen LogP contribution in [0.15, 0.2) is 41.8 Å². The molecule has 2 amide bonds. The maximum absolute atomic E-state index is 13.0. The molecule has 4 heterocycles. The fraction of sp³-hybridized carbons (Fsp3) is 0.556. The SMILES string of the molecule is CC1CN(c2ccc(C#N)cn2)CCN1C(=O)C(C)(C)CC/C(N)=N/O.[C-]#[N+]CCC(C)(C)C(=O)N1CCN(c2ccc(C#N)cn2)CC1C. The molecule has 2 aromatic rings. The van der Waals surface area contributed by atoms with Gasteiger partial charge in [0.05, 0.1) is 16.5 Å². The van der Waals surface area contributed by atoms with Crippen LogP contribution in [-0.2, 0) is 9.59 Å². The maximum atomic E-state index is 13.0. The molecule has 50 heavy (non-hydrogen) atoms. The van der Waals surface area contributed by atoms with Crippen molar-refractivity contribution in [3.8, 4) is 12.1 Å². The lowest BCUT2D eigenvalue weighted by atomic mass is 9.85. The smallest absolute Gasteiger partial charge is 0.228 e. The Morgan fingerprint density at radius 1 is 0.880 bits per heavy atom. The minimum absolute atomic E-state index is 0.0387. The van der Waals surface area contributed by atoms with Gasteiger partial charge in [-0.25, -0.2) is 16.5 Å². The summed E-state index contributed by atoms with van der Waals surface area (Å²) < 4.78 is 0. The molecule has 2 atom stereocenters. The van der Waals surface area contributed by atoms with E-state index in [1.54, 1.807) is 24.5 Å². The number of piperazine rings is 2. The number of amidine groups is 1. The Morgan fingerprint density at radius 3 is 1.66 bits per heavy atom. The molecule has 0 spiro atoms. The Bertz CT molecular complexity index is 1620. The third-order valence-electron chi connectivity index (χ3n) is 9.32. The molecule has 0 radical (unpaired) electrons. The summed E-state index contributed by atoms with van der Waals surface area (Å²) >= 11 is 0. The molecule has 2 aromatic heterocycles. The van der Waals surface area contributed by atoms with Crippen LogP contribution in [0.25, 0.3) is 4.85 Å². The van der Waals surface area contributed by atoms with Crippen molar-refractivity contribution in [2.75, 3.05) is 55.6 Å². The molecule has 14 nitrogen and oxygen atoms in total. The normalized spacial score (nSPS) is 18.3. The van der Waals surface area contributed by atoms with Crippen LogP contribution in [0.2, 0.25) is 0 Å². The molecule has 0 aromatic carbocycles. The first-order valence-electron chi connectivity index (χ1n) is 16.8. The van der Waals surface area contributed by atoms with Gasteiger partial charge in [-0.1, -0.05) is 32.9 Å². The molecule has 2 fully saturated rings. The van der Waals surface area contributed by atoms with E-state index in [2.05, 4.69) is 41.9 Å². The van der Waals surface area contributed by atoms with Crippen LogP contribution in [0.4, 0.5) is 11.6 Å². The Morgan fingerprint density at radius 2 is 1.32 bits per heavy atom. The second-order valence-corrected chi connectivity index (χ2v) is 14.1. The summed E-state index contributed by atoms with van der Waals surface area (Å²) in [7, 11) is 0. The van der Waals surface area contributed by atoms with E-state index in [4.69, 9.17) is 28.0 Å². The number of pyridine rings is 2. The predicted molar refractivity (Wildman–Crippen MR) is 191 cm³/mol. The first-order chi connectivity index (χ1) is 23.7. The third kappa shape index (κ3) is 10.1. The van der Waals surface area contributed by atoms with Gasteiger partial charge in [-0.15, -0.1) is 0 Å². The highest BCUT2D eigenvalue weighted by atomic mass is 16.4. The molecule has 266 valence electrons. The van der Waals surface area contributed by atoms with Gasteiger partial charge in [0.25, 0.3) is 0 Å². The molecule has 2 aliphatic rings. The highest BCUT2D eigenvalue weighted by molar-refractivity contribution is 5.85. The number of hydrogen-bond donors (Lipinski definition) is 2. The Hall–Kier alpha value is -5.42. The largest absolute Gasteiger partial charge is 0.409 e. The standard InChI is InChI=1S/C18H26N6O2.C18H23N5O/c1-13-12-23(16-5-4-14(10-19)11-21-16)8-9-24(13)17(25)18(2,3)7-6-15(20)22-26;1-14-13-22(16-6-5-15(11-19)12-21-16)9-10-23(14)17(24)18(2,3)7-8-20-4/h4-5,11,13,26H,6-9,12H2,1-3H3,(H2,20,22);5-6,12,14H,7-10,13H2,1-3H3. The Kier molecular flexibility index (Phi) is 13.5. The van der Waals surface area contributed by atoms with Gasteiger partial charge in [-0.3, -0.25) is 9.59 Å². The number of anilines is 2. The van der Waals surface area contributed by atoms with Gasteiger partial charge in [-0.2, -0.15) is 10.5 Å². The lowest BCUT2D eigenvalue weighted by Crippen LogP contribution is -2.57. The van der Waals surface area contributed by atoms with Crippen LogP contribution in [0.1, 0.15) is 71.9 Å². The average Bonchev–Trinajstić information content (AvgIpc) is 3.12. The predicted octanol–water partition coefficient (Wildman–Crippen LogP) is 3.87. The van der Waals surface area contributed by atoms with Crippen LogP contribution in [0.5, 0.6) is 0 Å². The second-order valence-electron chi connectivity index (χ2n) is 14.1. The number of nitrogens with zero attached hydrogens (tertiary/aromatic N) is 10. The van der Waals surface area contributed by atoms with E-state index < -0.39 is 10.8 Å². The van der Waals surface area contributed by atoms with E-state index >= 15 is 0 Å². The van der Waals surface area contributed by atoms with Crippen LogP contribution in [0.3, 0.4) is 0 Å². The van der Waals surface area contributed by atoms with Gasteiger partial charge in [0.2, 0.25) is 18.4 Å². The van der Waals surface area contributed by atoms with Crippen molar-refractivity contribution >= 4 is 29.3 Å². The molecule has 2 unspecified atom stereocenters. The van der Waals surface area contributed by atoms with Crippen molar-refractivity contribution in [3.63, 3.8) is 0 Å². The quantitative estimate of drug-likeness (QED) is 0.129. The van der Waals surface area contributed by atoms with E-state index in [9.17, 15) is 9.59 Å². The van der Waals surface area contributed by atoms with Gasteiger partial charge in [-0.05, 0) is 44.5 Å². The van der Waals surface area contributed by atoms with E-state index in [-0.39, 0.29) is 29.7 Å². The minimum Gasteiger partial charge on any atom is -0.409 e. The first-order valence-corrected chi connectivity index (χ1v) is 16.8. The highest BCUT2D eigenvalue weighted by Crippen LogP contribution is 2.29. The Balaban J connectivity index is 0.000000271. The minimum atomic E-state index is -0.585. The van der Waals surface area contributed by atoms with Gasteiger partial charge < -0.3 is 35.4 Å². The number of aromatic nitrogens is 2. The van der Waals surface area contributed by atoms with Gasteiger partial charge in [0.1, 0.15) is 29.6 Å². The zero-order valence-corrected chi connectivity index (χ0v) is 30.0. The van der Waals surface area contributed by atoms with Crippen molar-refractivity contribution in [3.05, 3.63) is 59.2 Å². The molecule has 0 bridgehead atoms. The summed E-state index contributed by atoms with van der Waals surface area (Å²) in [6.45, 7) is 23.0. The van der Waals surface area contributed by atoms with E-state index in [1.165, 1.54) is 0 Å². The molecule has 2 aliphatic heterocycles. The van der Waals surface area contributed by atoms with Gasteiger partial charge in [0, 0.05) is 82.0 Å². The van der Waals surface area contributed by atoms with Crippen molar-refractivity contribution in [2.45, 2.75) is 72.9 Å². The van der Waals surface area contributed by atoms with Crippen LogP contribution in [-0.4, -0.2) is 101 Å². The number of rotatable bonds is 9. The van der Waals surface area contributed by atoms with Gasteiger partial charge >= 0.3 is 0 Å². The summed E-state index contributed by atoms with van der Waals surface area (Å²) in [4.78, 5) is 45.9. The van der Waals surface area contributed by atoms with Crippen molar-refractivity contribution < 1.29 is 14.8 Å². The van der Waals surface area contributed by atoms with E-state index in [1.807, 2.05) is 63.5 Å². The first kappa shape index (κ1) is 39.0. The van der Waals surface area contributed by atoms with Crippen LogP contribution >= 0.6 is 0 Å². The maximum Gasteiger partial charge on any atom is 0.228 e. The summed E-state index contributed by atoms with van der Waals surface area (Å²) in [5, 5.41) is 29.4. The highest BCUT2D eigenvalue weighted by Gasteiger charge is 2.38. The summed E-state index contributed by atoms with van der Waals surface area (Å²) in [6.07, 6.45) is 4.61. The topological polar surface area (TPSA) is 183 Å². The molecule has 3 N–H and O–H groups in total. The number of carbonyl (C=O) groups excluding carboxylic acids is 2. The van der Waals surface area contributed by atoms with Crippen molar-refractivity contribution in [2.24, 2.45) is 21.7 Å². The number of nitriles is 2. The third-order valence-corrected chi connectivity index (χ3v) is 9.32. The fourth-order valence-corrected chi connectivity index (χ4v) is 6.03. The number of oxime groups is 1. The molecule has 14 heteroatoms. The zero-order valence-electron chi connectivity index (χ0n) is 30.0. The Labute approximate surface area is 295 Å². The van der Waals surface area contributed by atoms with E-state index in [0.29, 0.717) is 76.2 Å². The van der Waals surface area contributed by atoms with Crippen molar-refractivity contribution in [1.82, 2.24) is 19.8 Å². The second kappa shape index (κ2) is 17.3. The molecule has 2 saturated heterocycles. The summed E-state index contributed by atoms with van der Waals surface area (Å²) in [6, 6.07) is 11.4. The van der Waals surface area contributed by atoms with Crippen LogP contribution < -0.4 is 15.5 Å². The fourth-order valence-electron chi connectivity index (χ4n) is 6.03. The lowest BCUT2D eigenvalue weighted by molar-refractivity contribution is -0.143. The lowest BCUT2D eigenvalue weighted by Gasteiger charge is -2.43. The van der Waals surface area contributed by atoms with Crippen LogP contribution in [0, 0.1) is 40.1 Å². The number of carbonyl (C=O) groups is 2. The van der Waals surface area contributed by atoms with Gasteiger partial charge in [0.15, 0.2) is 0 Å². The molecule has 4 rings (SSSR count). The summed E-state index contributed by atoms with van der Waals surface area (Å²) in [5.74, 6) is 1.97. The number of hydrogen-bond acceptors (Lipinski definition) is 10. The number of amides is 2. The molecule has 0 saturated carbocycles. The number of nitrogens with two attached hydrogens (primary N) is 1. The van der Waals surface area contributed by atoms with E-state index in [0.717, 1.165) is 11.6 Å². The van der Waals surface area contributed by atoms with Crippen molar-refractivity contribution in [1.29, 1.82) is 10.5 Å². The average molecular weight is 684 g/mol. The molecular formula is C36H49N11O3. The summed E-state index contributed by atoms with van der Waals surface area (Å²) in [5.41, 5.74) is 5.51. The molecule has 0 aliphatic carbocycles. The molecular weight excluding hydrogens is 634 g/mol. The zero-order chi connectivity index (χ0) is 37.1. The monoisotopic (exact) mass is 683 g/mol.